The maximum absolute atomic E-state index is 12.3. The Bertz CT molecular complexity index is 717. The Kier molecular flexibility index (Phi) is 6.61. The SMILES string of the molecule is COC(C)(C)O[C@H]1C(n2ccc(N)nc2=O)OC(COC(=O)C(C)C)[C@H]1C. The maximum atomic E-state index is 12.3. The number of aromatic nitrogens is 2. The Hall–Kier alpha value is -1.97. The summed E-state index contributed by atoms with van der Waals surface area (Å²) in [6.45, 7) is 9.05. The summed E-state index contributed by atoms with van der Waals surface area (Å²) >= 11 is 0. The molecule has 4 atom stereocenters. The highest BCUT2D eigenvalue weighted by molar-refractivity contribution is 5.71. The molecule has 1 fully saturated rings. The van der Waals surface area contributed by atoms with Crippen molar-refractivity contribution in [2.45, 2.75) is 58.8 Å². The first-order chi connectivity index (χ1) is 12.6. The van der Waals surface area contributed by atoms with Gasteiger partial charge in [0.2, 0.25) is 0 Å². The van der Waals surface area contributed by atoms with Gasteiger partial charge in [0.15, 0.2) is 12.0 Å². The molecule has 1 saturated heterocycles. The van der Waals surface area contributed by atoms with Crippen molar-refractivity contribution in [1.82, 2.24) is 9.55 Å². The summed E-state index contributed by atoms with van der Waals surface area (Å²) in [5, 5.41) is 0. The third kappa shape index (κ3) is 5.06. The number of nitrogen functional groups attached to an aromatic ring is 1. The number of hydrogen-bond acceptors (Lipinski definition) is 8. The number of rotatable bonds is 7. The van der Waals surface area contributed by atoms with E-state index in [9.17, 15) is 9.59 Å². The van der Waals surface area contributed by atoms with E-state index in [1.807, 2.05) is 6.92 Å². The summed E-state index contributed by atoms with van der Waals surface area (Å²) in [6, 6.07) is 1.51. The molecule has 152 valence electrons. The van der Waals surface area contributed by atoms with Crippen LogP contribution in [0, 0.1) is 11.8 Å². The van der Waals surface area contributed by atoms with Crippen molar-refractivity contribution < 1.29 is 23.7 Å². The summed E-state index contributed by atoms with van der Waals surface area (Å²) < 4.78 is 24.1. The molecule has 0 bridgehead atoms. The maximum Gasteiger partial charge on any atom is 0.351 e. The van der Waals surface area contributed by atoms with Crippen LogP contribution in [-0.4, -0.2) is 47.2 Å². The van der Waals surface area contributed by atoms with Crippen molar-refractivity contribution in [3.8, 4) is 0 Å². The summed E-state index contributed by atoms with van der Waals surface area (Å²) in [5.41, 5.74) is 5.03. The van der Waals surface area contributed by atoms with Crippen LogP contribution in [0.2, 0.25) is 0 Å². The third-order valence-electron chi connectivity index (χ3n) is 4.60. The first kappa shape index (κ1) is 21.3. The second kappa shape index (κ2) is 8.37. The minimum absolute atomic E-state index is 0.0686. The molecule has 1 aliphatic heterocycles. The van der Waals surface area contributed by atoms with Crippen LogP contribution in [0.15, 0.2) is 17.1 Å². The monoisotopic (exact) mass is 383 g/mol. The molecule has 0 saturated carbocycles. The summed E-state index contributed by atoms with van der Waals surface area (Å²) in [7, 11) is 1.54. The van der Waals surface area contributed by atoms with E-state index in [1.54, 1.807) is 27.7 Å². The van der Waals surface area contributed by atoms with Crippen LogP contribution in [0.3, 0.4) is 0 Å². The Balaban J connectivity index is 2.27. The second-order valence-electron chi connectivity index (χ2n) is 7.44. The summed E-state index contributed by atoms with van der Waals surface area (Å²) in [5.74, 6) is -1.49. The lowest BCUT2D eigenvalue weighted by Gasteiger charge is -2.32. The Morgan fingerprint density at radius 2 is 2.11 bits per heavy atom. The highest BCUT2D eigenvalue weighted by Crippen LogP contribution is 2.38. The molecule has 1 aliphatic rings. The highest BCUT2D eigenvalue weighted by atomic mass is 16.7. The topological polar surface area (TPSA) is 115 Å². The summed E-state index contributed by atoms with van der Waals surface area (Å²) in [4.78, 5) is 27.8. The number of carbonyl (C=O) groups is 1. The van der Waals surface area contributed by atoms with Gasteiger partial charge in [0.25, 0.3) is 0 Å². The Labute approximate surface area is 158 Å². The van der Waals surface area contributed by atoms with Crippen LogP contribution in [0.1, 0.15) is 40.8 Å². The number of anilines is 1. The lowest BCUT2D eigenvalue weighted by molar-refractivity contribution is -0.243. The van der Waals surface area contributed by atoms with E-state index in [-0.39, 0.29) is 30.2 Å². The van der Waals surface area contributed by atoms with Gasteiger partial charge < -0.3 is 24.7 Å². The average Bonchev–Trinajstić information content (AvgIpc) is 2.88. The molecule has 2 N–H and O–H groups in total. The van der Waals surface area contributed by atoms with E-state index in [4.69, 9.17) is 24.7 Å². The Morgan fingerprint density at radius 1 is 1.44 bits per heavy atom. The molecule has 0 radical (unpaired) electrons. The second-order valence-corrected chi connectivity index (χ2v) is 7.44. The third-order valence-corrected chi connectivity index (χ3v) is 4.60. The molecule has 2 heterocycles. The zero-order chi connectivity index (χ0) is 20.4. The van der Waals surface area contributed by atoms with E-state index < -0.39 is 29.9 Å². The van der Waals surface area contributed by atoms with Gasteiger partial charge in [-0.05, 0) is 19.9 Å². The molecule has 0 aliphatic carbocycles. The minimum atomic E-state index is -0.894. The fraction of sp³-hybridized carbons (Fsp3) is 0.722. The quantitative estimate of drug-likeness (QED) is 0.554. The highest BCUT2D eigenvalue weighted by Gasteiger charge is 2.47. The van der Waals surface area contributed by atoms with Gasteiger partial charge in [0.05, 0.1) is 12.0 Å². The van der Waals surface area contributed by atoms with E-state index in [1.165, 1.54) is 23.9 Å². The number of ether oxygens (including phenoxy) is 4. The van der Waals surface area contributed by atoms with Crippen LogP contribution < -0.4 is 11.4 Å². The van der Waals surface area contributed by atoms with Crippen LogP contribution >= 0.6 is 0 Å². The molecule has 0 aromatic carbocycles. The van der Waals surface area contributed by atoms with E-state index in [0.717, 1.165) is 0 Å². The number of carbonyl (C=O) groups excluding carboxylic acids is 1. The molecular formula is C18H29N3O6. The van der Waals surface area contributed by atoms with Crippen molar-refractivity contribution in [2.75, 3.05) is 19.5 Å². The van der Waals surface area contributed by atoms with Crippen molar-refractivity contribution in [2.24, 2.45) is 11.8 Å². The molecular weight excluding hydrogens is 354 g/mol. The van der Waals surface area contributed by atoms with E-state index in [2.05, 4.69) is 4.98 Å². The molecule has 9 nitrogen and oxygen atoms in total. The van der Waals surface area contributed by atoms with Crippen molar-refractivity contribution in [3.05, 3.63) is 22.7 Å². The number of nitrogens with two attached hydrogens (primary N) is 1. The molecule has 9 heteroatoms. The molecule has 2 rings (SSSR count). The van der Waals surface area contributed by atoms with Gasteiger partial charge in [-0.2, -0.15) is 4.98 Å². The van der Waals surface area contributed by atoms with Crippen molar-refractivity contribution >= 4 is 11.8 Å². The fourth-order valence-electron chi connectivity index (χ4n) is 2.76. The zero-order valence-electron chi connectivity index (χ0n) is 16.7. The molecule has 0 spiro atoms. The minimum Gasteiger partial charge on any atom is -0.463 e. The van der Waals surface area contributed by atoms with Gasteiger partial charge in [0.1, 0.15) is 18.5 Å². The number of esters is 1. The first-order valence-electron chi connectivity index (χ1n) is 8.95. The van der Waals surface area contributed by atoms with E-state index >= 15 is 0 Å². The number of methoxy groups -OCH3 is 1. The molecule has 1 aromatic rings. The normalized spacial score (nSPS) is 25.7. The largest absolute Gasteiger partial charge is 0.463 e. The molecule has 1 aromatic heterocycles. The van der Waals surface area contributed by atoms with Gasteiger partial charge in [-0.1, -0.05) is 20.8 Å². The predicted octanol–water partition coefficient (Wildman–Crippen LogP) is 1.33. The average molecular weight is 383 g/mol. The fourth-order valence-corrected chi connectivity index (χ4v) is 2.76. The standard InChI is InChI=1S/C18H29N3O6/c1-10(2)16(22)25-9-12-11(3)14(27-18(4,5)24-6)15(26-12)21-8-7-13(19)20-17(21)23/h7-8,10-12,14-15H,9H2,1-6H3,(H2,19,20,23)/t11-,12?,14-,15?/m1/s1. The van der Waals surface area contributed by atoms with Crippen molar-refractivity contribution in [3.63, 3.8) is 0 Å². The van der Waals surface area contributed by atoms with Gasteiger partial charge >= 0.3 is 11.7 Å². The van der Waals surface area contributed by atoms with Crippen LogP contribution in [0.4, 0.5) is 5.82 Å². The van der Waals surface area contributed by atoms with Crippen LogP contribution in [0.25, 0.3) is 0 Å². The van der Waals surface area contributed by atoms with Crippen molar-refractivity contribution in [1.29, 1.82) is 0 Å². The Morgan fingerprint density at radius 3 is 2.67 bits per heavy atom. The number of nitrogens with zero attached hydrogens (tertiary/aromatic N) is 2. The van der Waals surface area contributed by atoms with Gasteiger partial charge in [-0.25, -0.2) is 4.79 Å². The van der Waals surface area contributed by atoms with Crippen LogP contribution in [0.5, 0.6) is 0 Å². The number of hydrogen-bond donors (Lipinski definition) is 1. The smallest absolute Gasteiger partial charge is 0.351 e. The molecule has 27 heavy (non-hydrogen) atoms. The zero-order valence-corrected chi connectivity index (χ0v) is 16.7. The van der Waals surface area contributed by atoms with Gasteiger partial charge in [0, 0.05) is 19.2 Å². The lowest BCUT2D eigenvalue weighted by Crippen LogP contribution is -2.41. The van der Waals surface area contributed by atoms with E-state index in [0.29, 0.717) is 0 Å². The van der Waals surface area contributed by atoms with Gasteiger partial charge in [-0.15, -0.1) is 0 Å². The predicted molar refractivity (Wildman–Crippen MR) is 97.7 cm³/mol. The first-order valence-corrected chi connectivity index (χ1v) is 8.95. The van der Waals surface area contributed by atoms with Crippen LogP contribution in [-0.2, 0) is 23.7 Å². The lowest BCUT2D eigenvalue weighted by atomic mass is 10.00. The molecule has 2 unspecified atom stereocenters. The molecule has 0 amide bonds. The van der Waals surface area contributed by atoms with Gasteiger partial charge in [-0.3, -0.25) is 9.36 Å². The summed E-state index contributed by atoms with van der Waals surface area (Å²) in [6.07, 6.45) is -0.204.